The number of aliphatic carboxylic acids is 1. The molecular formula is C25H36N6O7S. The van der Waals surface area contributed by atoms with Gasteiger partial charge in [-0.2, -0.15) is 11.8 Å². The Balaban J connectivity index is 2.20. The molecule has 0 bridgehead atoms. The number of H-pyrrole nitrogens is 1. The summed E-state index contributed by atoms with van der Waals surface area (Å²) < 4.78 is 0. The molecule has 1 aromatic carbocycles. The smallest absolute Gasteiger partial charge is 0.326 e. The number of para-hydroxylation sites is 1. The summed E-state index contributed by atoms with van der Waals surface area (Å²) in [5.74, 6) is -3.84. The van der Waals surface area contributed by atoms with Crippen molar-refractivity contribution < 1.29 is 34.2 Å². The number of amides is 4. The lowest BCUT2D eigenvalue weighted by Crippen LogP contribution is -2.58. The van der Waals surface area contributed by atoms with E-state index in [2.05, 4.69) is 20.9 Å². The Morgan fingerprint density at radius 2 is 1.56 bits per heavy atom. The average molecular weight is 565 g/mol. The highest BCUT2D eigenvalue weighted by Crippen LogP contribution is 2.19. The van der Waals surface area contributed by atoms with Crippen molar-refractivity contribution in [2.24, 2.45) is 11.5 Å². The Bertz CT molecular complexity index is 1170. The molecule has 1 aromatic heterocycles. The average Bonchev–Trinajstić information content (AvgIpc) is 3.30. The molecule has 4 amide bonds. The Labute approximate surface area is 229 Å². The molecular weight excluding hydrogens is 528 g/mol. The van der Waals surface area contributed by atoms with Crippen molar-refractivity contribution in [3.05, 3.63) is 36.0 Å². The largest absolute Gasteiger partial charge is 0.480 e. The maximum Gasteiger partial charge on any atom is 0.326 e. The molecule has 2 aromatic rings. The van der Waals surface area contributed by atoms with E-state index in [-0.39, 0.29) is 25.7 Å². The Hall–Kier alpha value is -3.62. The van der Waals surface area contributed by atoms with Crippen LogP contribution >= 0.6 is 11.8 Å². The summed E-state index contributed by atoms with van der Waals surface area (Å²) in [4.78, 5) is 65.1. The van der Waals surface area contributed by atoms with E-state index >= 15 is 0 Å². The fourth-order valence-corrected chi connectivity index (χ4v) is 4.28. The van der Waals surface area contributed by atoms with E-state index in [1.54, 1.807) is 12.5 Å². The molecule has 214 valence electrons. The minimum Gasteiger partial charge on any atom is -0.480 e. The monoisotopic (exact) mass is 564 g/mol. The summed E-state index contributed by atoms with van der Waals surface area (Å²) in [6.07, 6.45) is 2.01. The van der Waals surface area contributed by atoms with Crippen LogP contribution in [0, 0.1) is 0 Å². The SMILES string of the molecule is CSCCC(NC(=O)C(N)C(C)O)C(=O)NC(CCC(N)=O)C(=O)NC(Cc1c[nH]c2ccccc12)C(=O)O. The van der Waals surface area contributed by atoms with Crippen LogP contribution in [0.3, 0.4) is 0 Å². The van der Waals surface area contributed by atoms with E-state index < -0.39 is 59.9 Å². The van der Waals surface area contributed by atoms with Crippen molar-refractivity contribution in [1.29, 1.82) is 0 Å². The van der Waals surface area contributed by atoms with Gasteiger partial charge >= 0.3 is 5.97 Å². The quantitative estimate of drug-likeness (QED) is 0.124. The molecule has 0 radical (unpaired) electrons. The van der Waals surface area contributed by atoms with Gasteiger partial charge in [0.2, 0.25) is 23.6 Å². The number of aromatic amines is 1. The van der Waals surface area contributed by atoms with Gasteiger partial charge in [-0.1, -0.05) is 18.2 Å². The standard InChI is InChI=1S/C25H36N6O7S/c1-13(32)21(27)24(36)30-18(9-10-39-2)23(35)29-17(7-8-20(26)33)22(34)31-19(25(37)38)11-14-12-28-16-6-4-3-5-15(14)16/h3-6,12-13,17-19,21,28,32H,7-11,27H2,1-2H3,(H2,26,33)(H,29,35)(H,30,36)(H,31,34)(H,37,38). The number of primary amides is 1. The van der Waals surface area contributed by atoms with E-state index in [9.17, 15) is 34.2 Å². The van der Waals surface area contributed by atoms with Crippen LogP contribution < -0.4 is 27.4 Å². The number of hydrogen-bond donors (Lipinski definition) is 8. The number of carbonyl (C=O) groups is 5. The highest BCUT2D eigenvalue weighted by Gasteiger charge is 2.31. The number of benzene rings is 1. The first kappa shape index (κ1) is 31.6. The van der Waals surface area contributed by atoms with E-state index in [1.165, 1.54) is 18.7 Å². The van der Waals surface area contributed by atoms with Crippen LogP contribution in [0.25, 0.3) is 10.9 Å². The van der Waals surface area contributed by atoms with Crippen LogP contribution in [0.4, 0.5) is 0 Å². The second-order valence-corrected chi connectivity index (χ2v) is 10.1. The Morgan fingerprint density at radius 1 is 0.974 bits per heavy atom. The van der Waals surface area contributed by atoms with Crippen molar-refractivity contribution >= 4 is 52.3 Å². The number of fused-ring (bicyclic) bond motifs is 1. The molecule has 39 heavy (non-hydrogen) atoms. The lowest BCUT2D eigenvalue weighted by Gasteiger charge is -2.25. The summed E-state index contributed by atoms with van der Waals surface area (Å²) in [6.45, 7) is 1.33. The molecule has 14 heteroatoms. The zero-order valence-corrected chi connectivity index (χ0v) is 22.6. The van der Waals surface area contributed by atoms with Crippen molar-refractivity contribution in [3.63, 3.8) is 0 Å². The van der Waals surface area contributed by atoms with Gasteiger partial charge in [-0.15, -0.1) is 0 Å². The molecule has 0 saturated carbocycles. The Morgan fingerprint density at radius 3 is 2.15 bits per heavy atom. The van der Waals surface area contributed by atoms with Crippen LogP contribution in [0.2, 0.25) is 0 Å². The van der Waals surface area contributed by atoms with Gasteiger partial charge in [-0.05, 0) is 43.4 Å². The maximum absolute atomic E-state index is 13.2. The van der Waals surface area contributed by atoms with Crippen LogP contribution in [-0.4, -0.2) is 87.1 Å². The van der Waals surface area contributed by atoms with E-state index in [4.69, 9.17) is 11.5 Å². The van der Waals surface area contributed by atoms with Gasteiger partial charge in [0, 0.05) is 29.9 Å². The van der Waals surface area contributed by atoms with Gasteiger partial charge < -0.3 is 42.6 Å². The van der Waals surface area contributed by atoms with E-state index in [0.29, 0.717) is 11.3 Å². The summed E-state index contributed by atoms with van der Waals surface area (Å²) in [6, 6.07) is 2.29. The molecule has 0 aliphatic rings. The van der Waals surface area contributed by atoms with Crippen molar-refractivity contribution in [3.8, 4) is 0 Å². The summed E-state index contributed by atoms with van der Waals surface area (Å²) >= 11 is 1.42. The lowest BCUT2D eigenvalue weighted by atomic mass is 10.0. The summed E-state index contributed by atoms with van der Waals surface area (Å²) in [5, 5.41) is 27.6. The van der Waals surface area contributed by atoms with E-state index in [0.717, 1.165) is 10.9 Å². The third kappa shape index (κ3) is 9.57. The highest BCUT2D eigenvalue weighted by atomic mass is 32.2. The number of rotatable bonds is 16. The van der Waals surface area contributed by atoms with Crippen LogP contribution in [0.15, 0.2) is 30.5 Å². The molecule has 1 heterocycles. The Kier molecular flexibility index (Phi) is 12.2. The number of thioether (sulfide) groups is 1. The number of aliphatic hydroxyl groups excluding tert-OH is 1. The fraction of sp³-hybridized carbons (Fsp3) is 0.480. The van der Waals surface area contributed by atoms with Gasteiger partial charge in [-0.3, -0.25) is 19.2 Å². The topological polar surface area (TPSA) is 230 Å². The molecule has 5 unspecified atom stereocenters. The lowest BCUT2D eigenvalue weighted by molar-refractivity contribution is -0.142. The summed E-state index contributed by atoms with van der Waals surface area (Å²) in [5.41, 5.74) is 12.4. The molecule has 0 saturated heterocycles. The molecule has 0 aliphatic heterocycles. The zero-order chi connectivity index (χ0) is 29.1. The van der Waals surface area contributed by atoms with Crippen LogP contribution in [-0.2, 0) is 30.4 Å². The molecule has 10 N–H and O–H groups in total. The number of aromatic nitrogens is 1. The van der Waals surface area contributed by atoms with Crippen LogP contribution in [0.1, 0.15) is 31.7 Å². The summed E-state index contributed by atoms with van der Waals surface area (Å²) in [7, 11) is 0. The fourth-order valence-electron chi connectivity index (χ4n) is 3.81. The third-order valence-corrected chi connectivity index (χ3v) is 6.74. The molecule has 13 nitrogen and oxygen atoms in total. The van der Waals surface area contributed by atoms with Gasteiger partial charge in [0.1, 0.15) is 24.2 Å². The highest BCUT2D eigenvalue weighted by molar-refractivity contribution is 7.98. The first-order chi connectivity index (χ1) is 18.4. The first-order valence-electron chi connectivity index (χ1n) is 12.3. The number of carboxylic acids is 1. The second kappa shape index (κ2) is 15.1. The molecule has 0 spiro atoms. The predicted octanol–water partition coefficient (Wildman–Crippen LogP) is -1.02. The van der Waals surface area contributed by atoms with Crippen LogP contribution in [0.5, 0.6) is 0 Å². The molecule has 0 aliphatic carbocycles. The minimum absolute atomic E-state index is 0.0365. The number of aliphatic hydroxyl groups is 1. The normalized spacial score (nSPS) is 15.0. The predicted molar refractivity (Wildman–Crippen MR) is 147 cm³/mol. The van der Waals surface area contributed by atoms with Crippen molar-refractivity contribution in [1.82, 2.24) is 20.9 Å². The second-order valence-electron chi connectivity index (χ2n) is 9.14. The van der Waals surface area contributed by atoms with E-state index in [1.807, 2.05) is 24.3 Å². The molecule has 5 atom stereocenters. The minimum atomic E-state index is -1.33. The maximum atomic E-state index is 13.2. The number of nitrogens with two attached hydrogens (primary N) is 2. The van der Waals surface area contributed by atoms with Crippen molar-refractivity contribution in [2.75, 3.05) is 12.0 Å². The number of nitrogens with one attached hydrogen (secondary N) is 4. The van der Waals surface area contributed by atoms with Crippen molar-refractivity contribution in [2.45, 2.75) is 62.9 Å². The zero-order valence-electron chi connectivity index (χ0n) is 21.8. The van der Waals surface area contributed by atoms with Gasteiger partial charge in [0.05, 0.1) is 6.10 Å². The number of carboxylic acid groups (broad SMARTS) is 1. The first-order valence-corrected chi connectivity index (χ1v) is 13.7. The van der Waals surface area contributed by atoms with Gasteiger partial charge in [0.15, 0.2) is 0 Å². The molecule has 2 rings (SSSR count). The molecule has 0 fully saturated rings. The third-order valence-electron chi connectivity index (χ3n) is 6.09. The van der Waals surface area contributed by atoms with Gasteiger partial charge in [0.25, 0.3) is 0 Å². The number of hydrogen-bond acceptors (Lipinski definition) is 8. The number of carbonyl (C=O) groups excluding carboxylic acids is 4. The van der Waals surface area contributed by atoms with Gasteiger partial charge in [-0.25, -0.2) is 4.79 Å².